The molecule has 3 fully saturated rings. The minimum absolute atomic E-state index is 0.0272. The number of hydrogen-bond acceptors (Lipinski definition) is 15. The average Bonchev–Trinajstić information content (AvgIpc) is 3.65. The van der Waals surface area contributed by atoms with Gasteiger partial charge in [-0.1, -0.05) is 0 Å². The third-order valence-corrected chi connectivity index (χ3v) is 9.65. The van der Waals surface area contributed by atoms with Crippen molar-refractivity contribution in [3.05, 3.63) is 45.8 Å². The molecule has 8 rings (SSSR count). The molecule has 3 aliphatic rings. The Morgan fingerprint density at radius 2 is 1.84 bits per heavy atom. The van der Waals surface area contributed by atoms with E-state index in [1.54, 1.807) is 6.20 Å². The molecular formula is C22H22FN10O10PS. The summed E-state index contributed by atoms with van der Waals surface area (Å²) in [6.45, 7) is -5.22. The molecule has 3 unspecified atom stereocenters. The number of nitrogen functional groups attached to an aromatic ring is 1. The maximum Gasteiger partial charge on any atom is 0.325 e. The molecule has 0 bridgehead atoms. The number of halogens is 1. The Balaban J connectivity index is 1.04. The van der Waals surface area contributed by atoms with Crippen LogP contribution in [0.4, 0.5) is 10.3 Å². The molecule has 0 radical (unpaired) electrons. The summed E-state index contributed by atoms with van der Waals surface area (Å²) in [5, 5.41) is 32.1. The second kappa shape index (κ2) is 9.65. The Morgan fingerprint density at radius 3 is 2.58 bits per heavy atom. The number of anilines is 1. The Labute approximate surface area is 252 Å². The van der Waals surface area contributed by atoms with E-state index in [0.29, 0.717) is 0 Å². The van der Waals surface area contributed by atoms with Gasteiger partial charge in [0.15, 0.2) is 46.6 Å². The summed E-state index contributed by atoms with van der Waals surface area (Å²) in [5.41, 5.74) is 2.39. The van der Waals surface area contributed by atoms with Crippen molar-refractivity contribution in [3.63, 3.8) is 0 Å². The van der Waals surface area contributed by atoms with E-state index in [0.717, 1.165) is 10.9 Å². The van der Waals surface area contributed by atoms with E-state index < -0.39 is 79.2 Å². The maximum atomic E-state index is 15.5. The Hall–Kier alpha value is -3.70. The number of nitrogens with two attached hydrogens (primary N) is 1. The van der Waals surface area contributed by atoms with Crippen LogP contribution in [0.15, 0.2) is 34.6 Å². The van der Waals surface area contributed by atoms with Crippen LogP contribution in [-0.4, -0.2) is 113 Å². The van der Waals surface area contributed by atoms with E-state index in [2.05, 4.69) is 29.9 Å². The normalized spacial score (nSPS) is 34.2. The molecule has 20 nitrogen and oxygen atoms in total. The number of aromatic amines is 2. The van der Waals surface area contributed by atoms with E-state index in [9.17, 15) is 29.8 Å². The number of rotatable bonds is 7. The number of aliphatic hydroxyl groups excluding tert-OH is 2. The van der Waals surface area contributed by atoms with Gasteiger partial charge in [0.1, 0.15) is 30.5 Å². The van der Waals surface area contributed by atoms with Gasteiger partial charge in [-0.05, 0) is 11.8 Å². The van der Waals surface area contributed by atoms with Crippen molar-refractivity contribution in [2.24, 2.45) is 0 Å². The predicted molar refractivity (Wildman–Crippen MR) is 149 cm³/mol. The summed E-state index contributed by atoms with van der Waals surface area (Å²) < 4.78 is 42.0. The largest absolute Gasteiger partial charge is 0.394 e. The quantitative estimate of drug-likeness (QED) is 0.0870. The van der Waals surface area contributed by atoms with Crippen molar-refractivity contribution in [2.75, 3.05) is 12.3 Å². The van der Waals surface area contributed by atoms with Crippen LogP contribution in [0.5, 0.6) is 0 Å². The number of H-pyrrole nitrogens is 2. The highest BCUT2D eigenvalue weighted by atomic mass is 32.5. The molecule has 0 amide bonds. The number of aromatic nitrogens is 9. The fourth-order valence-electron chi connectivity index (χ4n) is 5.96. The second-order valence-corrected chi connectivity index (χ2v) is 13.5. The molecule has 2 saturated heterocycles. The smallest absolute Gasteiger partial charge is 0.325 e. The van der Waals surface area contributed by atoms with Gasteiger partial charge in [-0.2, -0.15) is 4.98 Å². The SMILES string of the molecule is Nc1nc2c(ncn2[C@@H]2O[C@H](CO)[C@@H](F)C2OP(O)(=S)OC2[C@H]3O[C@@H](n4cnc5c(=O)[nH]c6nccn6c54)[C@H](O)[C@@]23O)c(=O)[nH]1. The summed E-state index contributed by atoms with van der Waals surface area (Å²) in [5.74, 6) is -0.0466. The first-order chi connectivity index (χ1) is 21.4. The number of fused-ring (bicyclic) bond motifs is 5. The lowest BCUT2D eigenvalue weighted by Crippen LogP contribution is -2.37. The Kier molecular flexibility index (Phi) is 6.17. The molecule has 10 atom stereocenters. The van der Waals surface area contributed by atoms with Crippen molar-refractivity contribution in [1.82, 2.24) is 43.4 Å². The van der Waals surface area contributed by atoms with Gasteiger partial charge >= 0.3 is 6.72 Å². The lowest BCUT2D eigenvalue weighted by atomic mass is 10.1. The van der Waals surface area contributed by atoms with Gasteiger partial charge in [0, 0.05) is 12.4 Å². The molecule has 23 heteroatoms. The van der Waals surface area contributed by atoms with Gasteiger partial charge in [-0.25, -0.2) is 19.3 Å². The predicted octanol–water partition coefficient (Wildman–Crippen LogP) is -2.69. The fraction of sp³-hybridized carbons (Fsp3) is 0.455. The molecule has 238 valence electrons. The monoisotopic (exact) mass is 668 g/mol. The first kappa shape index (κ1) is 28.8. The molecule has 7 heterocycles. The van der Waals surface area contributed by atoms with Crippen LogP contribution in [0, 0.1) is 0 Å². The van der Waals surface area contributed by atoms with Gasteiger partial charge in [0.2, 0.25) is 11.7 Å². The molecule has 5 aromatic heterocycles. The van der Waals surface area contributed by atoms with Gasteiger partial charge in [-0.15, -0.1) is 0 Å². The number of nitrogens with one attached hydrogen (secondary N) is 2. The van der Waals surface area contributed by atoms with E-state index in [1.807, 2.05) is 0 Å². The van der Waals surface area contributed by atoms with Gasteiger partial charge in [0.05, 0.1) is 19.3 Å². The van der Waals surface area contributed by atoms with Crippen LogP contribution in [0.1, 0.15) is 12.5 Å². The highest BCUT2D eigenvalue weighted by Crippen LogP contribution is 2.62. The number of alkyl halides is 1. The van der Waals surface area contributed by atoms with Crippen molar-refractivity contribution in [3.8, 4) is 0 Å². The summed E-state index contributed by atoms with van der Waals surface area (Å²) in [7, 11) is 0. The zero-order valence-corrected chi connectivity index (χ0v) is 24.0. The zero-order chi connectivity index (χ0) is 31.6. The third kappa shape index (κ3) is 4.08. The van der Waals surface area contributed by atoms with Crippen molar-refractivity contribution >= 4 is 52.6 Å². The second-order valence-electron chi connectivity index (χ2n) is 10.7. The standard InChI is InChI=1S/C22H22FN10O10PS/c23-7-6(3-34)40-18(32-4-26-8-14(32)28-20(24)29-15(8)36)10(7)42-44(39,45)43-13-12-22(13,38)11(35)19(41-12)33-5-27-9-16(37)30-21-25-1-2-31(21)17(9)33/h1-2,4-7,10-13,18-19,34-35,38H,3H2,(H,39,45)(H,25,30,37)(H3,24,28,29,36)/t6-,7-,10?,11+,12-,13?,18-,19-,22+,44?/m1/s1. The number of imidazole rings is 3. The maximum absolute atomic E-state index is 15.5. The lowest BCUT2D eigenvalue weighted by molar-refractivity contribution is -0.0938. The molecule has 1 aliphatic carbocycles. The number of aliphatic hydroxyl groups is 3. The first-order valence-electron chi connectivity index (χ1n) is 13.2. The van der Waals surface area contributed by atoms with Crippen LogP contribution >= 0.6 is 6.72 Å². The van der Waals surface area contributed by atoms with Crippen LogP contribution in [-0.2, 0) is 30.3 Å². The molecule has 45 heavy (non-hydrogen) atoms. The van der Waals surface area contributed by atoms with Crippen LogP contribution in [0.3, 0.4) is 0 Å². The molecule has 0 spiro atoms. The summed E-state index contributed by atoms with van der Waals surface area (Å²) in [6, 6.07) is 0. The molecule has 5 aromatic rings. The first-order valence-corrected chi connectivity index (χ1v) is 15.8. The molecule has 8 N–H and O–H groups in total. The van der Waals surface area contributed by atoms with Crippen molar-refractivity contribution < 1.29 is 43.1 Å². The van der Waals surface area contributed by atoms with Crippen LogP contribution in [0.2, 0.25) is 0 Å². The fourth-order valence-corrected chi connectivity index (χ4v) is 7.68. The number of ether oxygens (including phenoxy) is 2. The van der Waals surface area contributed by atoms with Gasteiger partial charge < -0.3 is 35.4 Å². The minimum atomic E-state index is -4.44. The van der Waals surface area contributed by atoms with Gasteiger partial charge in [0.25, 0.3) is 11.1 Å². The number of nitrogens with zero attached hydrogens (tertiary/aromatic N) is 7. The number of hydrogen-bond donors (Lipinski definition) is 7. The van der Waals surface area contributed by atoms with Crippen molar-refractivity contribution in [2.45, 2.75) is 54.7 Å². The van der Waals surface area contributed by atoms with E-state index in [-0.39, 0.29) is 34.1 Å². The molecule has 1 saturated carbocycles. The Morgan fingerprint density at radius 1 is 1.11 bits per heavy atom. The topological polar surface area (TPSA) is 275 Å². The van der Waals surface area contributed by atoms with Crippen molar-refractivity contribution in [1.29, 1.82) is 0 Å². The summed E-state index contributed by atoms with van der Waals surface area (Å²) in [6.07, 6.45) is -6.78. The third-order valence-electron chi connectivity index (χ3n) is 8.13. The molecule has 2 aliphatic heterocycles. The van der Waals surface area contributed by atoms with Gasteiger partial charge in [-0.3, -0.25) is 42.1 Å². The summed E-state index contributed by atoms with van der Waals surface area (Å²) in [4.78, 5) is 56.7. The van der Waals surface area contributed by atoms with Crippen LogP contribution < -0.4 is 16.9 Å². The highest BCUT2D eigenvalue weighted by molar-refractivity contribution is 8.07. The van der Waals surface area contributed by atoms with Crippen LogP contribution in [0.25, 0.3) is 28.1 Å². The molecular weight excluding hydrogens is 646 g/mol. The van der Waals surface area contributed by atoms with E-state index >= 15 is 4.39 Å². The lowest BCUT2D eigenvalue weighted by Gasteiger charge is -2.28. The zero-order valence-electron chi connectivity index (χ0n) is 22.3. The molecule has 0 aromatic carbocycles. The average molecular weight is 669 g/mol. The minimum Gasteiger partial charge on any atom is -0.394 e. The van der Waals surface area contributed by atoms with E-state index in [4.69, 9.17) is 36.1 Å². The Bertz CT molecular complexity index is 2170. The highest BCUT2D eigenvalue weighted by Gasteiger charge is 2.79. The van der Waals surface area contributed by atoms with E-state index in [1.165, 1.54) is 21.5 Å². The summed E-state index contributed by atoms with van der Waals surface area (Å²) >= 11 is 5.15.